The number of likely N-dealkylation sites (tertiary alicyclic amines) is 1. The molecule has 6 heteroatoms. The Balaban J connectivity index is 0.00000151. The molecule has 140 valence electrons. The van der Waals surface area contributed by atoms with E-state index in [9.17, 15) is 14.7 Å². The fraction of sp³-hybridized carbons (Fsp3) is 0.579. The van der Waals surface area contributed by atoms with Gasteiger partial charge in [0.1, 0.15) is 11.6 Å². The number of amides is 1. The van der Waals surface area contributed by atoms with Crippen molar-refractivity contribution < 1.29 is 19.4 Å². The molecule has 0 aromatic heterocycles. The van der Waals surface area contributed by atoms with E-state index in [1.165, 1.54) is 0 Å². The molecule has 1 aliphatic heterocycles. The summed E-state index contributed by atoms with van der Waals surface area (Å²) in [5.74, 6) is -0.866. The number of nitrogens with one attached hydrogen (secondary N) is 1. The van der Waals surface area contributed by atoms with Crippen LogP contribution in [0.4, 0.5) is 4.79 Å². The van der Waals surface area contributed by atoms with E-state index in [0.717, 1.165) is 5.56 Å². The molecule has 0 aliphatic carbocycles. The molecule has 1 aliphatic rings. The SMILES string of the molecule is CC.CC(C)(C)OC(=O)N[C@H]1C[C@@H](C(=O)O)N(Cc2ccccc2)C1. The van der Waals surface area contributed by atoms with Gasteiger partial charge in [0.05, 0.1) is 0 Å². The van der Waals surface area contributed by atoms with Crippen molar-refractivity contribution in [2.24, 2.45) is 0 Å². The first-order valence-corrected chi connectivity index (χ1v) is 8.75. The maximum absolute atomic E-state index is 11.9. The van der Waals surface area contributed by atoms with Crippen LogP contribution in [-0.2, 0) is 16.1 Å². The minimum Gasteiger partial charge on any atom is -0.480 e. The molecule has 2 atom stereocenters. The molecule has 0 bridgehead atoms. The van der Waals surface area contributed by atoms with Crippen LogP contribution in [0.25, 0.3) is 0 Å². The number of ether oxygens (including phenoxy) is 1. The van der Waals surface area contributed by atoms with Crippen molar-refractivity contribution in [2.75, 3.05) is 6.54 Å². The van der Waals surface area contributed by atoms with Gasteiger partial charge in [-0.3, -0.25) is 9.69 Å². The largest absolute Gasteiger partial charge is 0.480 e. The number of carbonyl (C=O) groups is 2. The Labute approximate surface area is 150 Å². The number of carboxylic acid groups (broad SMARTS) is 1. The molecule has 1 fully saturated rings. The highest BCUT2D eigenvalue weighted by molar-refractivity contribution is 5.74. The first-order valence-electron chi connectivity index (χ1n) is 8.75. The molecule has 0 saturated carbocycles. The summed E-state index contributed by atoms with van der Waals surface area (Å²) in [5, 5.41) is 12.2. The molecule has 1 aromatic carbocycles. The summed E-state index contributed by atoms with van der Waals surface area (Å²) >= 11 is 0. The third-order valence-electron chi connectivity index (χ3n) is 3.64. The number of rotatable bonds is 4. The second kappa shape index (κ2) is 9.42. The van der Waals surface area contributed by atoms with Crippen LogP contribution in [0, 0.1) is 0 Å². The first-order chi connectivity index (χ1) is 11.7. The Kier molecular flexibility index (Phi) is 7.90. The number of nitrogens with zero attached hydrogens (tertiary/aromatic N) is 1. The fourth-order valence-electron chi connectivity index (χ4n) is 2.73. The highest BCUT2D eigenvalue weighted by atomic mass is 16.6. The zero-order valence-electron chi connectivity index (χ0n) is 15.8. The molecule has 1 amide bonds. The van der Waals surface area contributed by atoms with E-state index in [1.54, 1.807) is 20.8 Å². The van der Waals surface area contributed by atoms with Crippen molar-refractivity contribution in [3.8, 4) is 0 Å². The lowest BCUT2D eigenvalue weighted by Gasteiger charge is -2.22. The highest BCUT2D eigenvalue weighted by Gasteiger charge is 2.37. The van der Waals surface area contributed by atoms with E-state index in [4.69, 9.17) is 4.74 Å². The molecule has 0 radical (unpaired) electrons. The Bertz CT molecular complexity index is 554. The van der Waals surface area contributed by atoms with Gasteiger partial charge in [-0.2, -0.15) is 0 Å². The highest BCUT2D eigenvalue weighted by Crippen LogP contribution is 2.21. The molecule has 2 rings (SSSR count). The maximum Gasteiger partial charge on any atom is 0.407 e. The Morgan fingerprint density at radius 2 is 1.84 bits per heavy atom. The standard InChI is InChI=1S/C17H24N2O4.C2H6/c1-17(2,3)23-16(22)18-13-9-14(15(20)21)19(11-13)10-12-7-5-4-6-8-12;1-2/h4-8,13-14H,9-11H2,1-3H3,(H,18,22)(H,20,21);1-2H3/t13-,14-;/m0./s1. The summed E-state index contributed by atoms with van der Waals surface area (Å²) in [5.41, 5.74) is 0.482. The van der Waals surface area contributed by atoms with Gasteiger partial charge >= 0.3 is 12.1 Å². The average Bonchev–Trinajstić information content (AvgIpc) is 2.91. The summed E-state index contributed by atoms with van der Waals surface area (Å²) in [7, 11) is 0. The van der Waals surface area contributed by atoms with Gasteiger partial charge in [-0.1, -0.05) is 44.2 Å². The molecule has 25 heavy (non-hydrogen) atoms. The number of benzene rings is 1. The van der Waals surface area contributed by atoms with Crippen molar-refractivity contribution in [1.29, 1.82) is 0 Å². The summed E-state index contributed by atoms with van der Waals surface area (Å²) < 4.78 is 5.23. The lowest BCUT2D eigenvalue weighted by atomic mass is 10.1. The monoisotopic (exact) mass is 350 g/mol. The van der Waals surface area contributed by atoms with E-state index in [2.05, 4.69) is 5.32 Å². The minimum absolute atomic E-state index is 0.227. The summed E-state index contributed by atoms with van der Waals surface area (Å²) in [4.78, 5) is 25.2. The lowest BCUT2D eigenvalue weighted by molar-refractivity contribution is -0.142. The molecular weight excluding hydrogens is 320 g/mol. The molecular formula is C19H30N2O4. The number of carbonyl (C=O) groups excluding carboxylic acids is 1. The van der Waals surface area contributed by atoms with Crippen molar-refractivity contribution in [3.05, 3.63) is 35.9 Å². The normalized spacial score (nSPS) is 20.4. The van der Waals surface area contributed by atoms with Crippen molar-refractivity contribution in [3.63, 3.8) is 0 Å². The van der Waals surface area contributed by atoms with Crippen LogP contribution in [-0.4, -0.2) is 46.3 Å². The third-order valence-corrected chi connectivity index (χ3v) is 3.64. The molecule has 6 nitrogen and oxygen atoms in total. The molecule has 0 unspecified atom stereocenters. The van der Waals surface area contributed by atoms with Crippen LogP contribution in [0.5, 0.6) is 0 Å². The molecule has 2 N–H and O–H groups in total. The van der Waals surface area contributed by atoms with Gasteiger partial charge in [0, 0.05) is 19.1 Å². The number of hydrogen-bond acceptors (Lipinski definition) is 4. The Hall–Kier alpha value is -2.08. The maximum atomic E-state index is 11.9. The second-order valence-corrected chi connectivity index (χ2v) is 6.85. The first kappa shape index (κ1) is 21.0. The minimum atomic E-state index is -0.866. The Morgan fingerprint density at radius 1 is 1.24 bits per heavy atom. The van der Waals surface area contributed by atoms with Gasteiger partial charge in [-0.25, -0.2) is 4.79 Å². The van der Waals surface area contributed by atoms with Crippen LogP contribution in [0.3, 0.4) is 0 Å². The summed E-state index contributed by atoms with van der Waals surface area (Å²) in [6, 6.07) is 8.88. The number of carboxylic acids is 1. The van der Waals surface area contributed by atoms with Gasteiger partial charge in [-0.05, 0) is 32.8 Å². The van der Waals surface area contributed by atoms with E-state index >= 15 is 0 Å². The fourth-order valence-corrected chi connectivity index (χ4v) is 2.73. The van der Waals surface area contributed by atoms with Crippen molar-refractivity contribution in [1.82, 2.24) is 10.2 Å². The molecule has 1 aromatic rings. The third kappa shape index (κ3) is 7.13. The zero-order chi connectivity index (χ0) is 19.0. The smallest absolute Gasteiger partial charge is 0.407 e. The zero-order valence-corrected chi connectivity index (χ0v) is 15.8. The van der Waals surface area contributed by atoms with Gasteiger partial charge in [0.25, 0.3) is 0 Å². The predicted molar refractivity (Wildman–Crippen MR) is 97.4 cm³/mol. The van der Waals surface area contributed by atoms with Gasteiger partial charge in [0.15, 0.2) is 0 Å². The lowest BCUT2D eigenvalue weighted by Crippen LogP contribution is -2.40. The van der Waals surface area contributed by atoms with Gasteiger partial charge in [-0.15, -0.1) is 0 Å². The van der Waals surface area contributed by atoms with E-state index in [1.807, 2.05) is 49.1 Å². The van der Waals surface area contributed by atoms with E-state index < -0.39 is 23.7 Å². The van der Waals surface area contributed by atoms with Crippen LogP contribution >= 0.6 is 0 Å². The molecule has 1 heterocycles. The predicted octanol–water partition coefficient (Wildman–Crippen LogP) is 3.27. The number of alkyl carbamates (subject to hydrolysis) is 1. The van der Waals surface area contributed by atoms with Gasteiger partial charge < -0.3 is 15.2 Å². The van der Waals surface area contributed by atoms with E-state index in [0.29, 0.717) is 19.5 Å². The van der Waals surface area contributed by atoms with Crippen LogP contribution in [0.2, 0.25) is 0 Å². The van der Waals surface area contributed by atoms with Crippen molar-refractivity contribution >= 4 is 12.1 Å². The second-order valence-electron chi connectivity index (χ2n) is 6.85. The Morgan fingerprint density at radius 3 is 2.36 bits per heavy atom. The molecule has 0 spiro atoms. The van der Waals surface area contributed by atoms with Crippen LogP contribution < -0.4 is 5.32 Å². The van der Waals surface area contributed by atoms with E-state index in [-0.39, 0.29) is 6.04 Å². The topological polar surface area (TPSA) is 78.9 Å². The quantitative estimate of drug-likeness (QED) is 0.871. The van der Waals surface area contributed by atoms with Crippen molar-refractivity contribution in [2.45, 2.75) is 65.3 Å². The van der Waals surface area contributed by atoms with Crippen LogP contribution in [0.1, 0.15) is 46.6 Å². The van der Waals surface area contributed by atoms with Gasteiger partial charge in [0.2, 0.25) is 0 Å². The molecule has 1 saturated heterocycles. The number of hydrogen-bond donors (Lipinski definition) is 2. The summed E-state index contributed by atoms with van der Waals surface area (Å²) in [6.45, 7) is 10.4. The average molecular weight is 350 g/mol. The summed E-state index contributed by atoms with van der Waals surface area (Å²) in [6.07, 6.45) is -0.130. The van der Waals surface area contributed by atoms with Crippen LogP contribution in [0.15, 0.2) is 30.3 Å². The number of aliphatic carboxylic acids is 1.